The van der Waals surface area contributed by atoms with Gasteiger partial charge in [0.2, 0.25) is 0 Å². The Hall–Kier alpha value is -2.63. The Morgan fingerprint density at radius 1 is 1.11 bits per heavy atom. The van der Waals surface area contributed by atoms with Crippen molar-refractivity contribution in [1.29, 1.82) is 0 Å². The molecular weight excluding hydrogens is 374 g/mol. The lowest BCUT2D eigenvalue weighted by Crippen LogP contribution is -2.30. The molecule has 1 N–H and O–H groups in total. The molecule has 146 valence electrons. The van der Waals surface area contributed by atoms with Crippen molar-refractivity contribution in [2.75, 3.05) is 13.1 Å². The molecule has 0 saturated heterocycles. The van der Waals surface area contributed by atoms with Crippen molar-refractivity contribution in [2.45, 2.75) is 26.4 Å². The van der Waals surface area contributed by atoms with Crippen LogP contribution in [0.3, 0.4) is 0 Å². The first-order valence-corrected chi connectivity index (χ1v) is 9.74. The largest absolute Gasteiger partial charge is 0.480 e. The van der Waals surface area contributed by atoms with Crippen LogP contribution in [0, 0.1) is 0 Å². The molecule has 0 saturated carbocycles. The third-order valence-electron chi connectivity index (χ3n) is 4.47. The van der Waals surface area contributed by atoms with Gasteiger partial charge in [0.15, 0.2) is 0 Å². The predicted octanol–water partition coefficient (Wildman–Crippen LogP) is 4.55. The summed E-state index contributed by atoms with van der Waals surface area (Å²) in [5.41, 5.74) is 3.89. The number of hydrogen-bond acceptors (Lipinski definition) is 3. The number of carboxylic acids is 1. The Balaban J connectivity index is 1.93. The van der Waals surface area contributed by atoms with Gasteiger partial charge in [-0.15, -0.1) is 0 Å². The van der Waals surface area contributed by atoms with Crippen molar-refractivity contribution in [3.8, 4) is 11.3 Å². The molecule has 2 aromatic carbocycles. The quantitative estimate of drug-likeness (QED) is 0.575. The fourth-order valence-electron chi connectivity index (χ4n) is 3.26. The van der Waals surface area contributed by atoms with Gasteiger partial charge in [0.1, 0.15) is 0 Å². The van der Waals surface area contributed by atoms with Crippen molar-refractivity contribution in [1.82, 2.24) is 14.7 Å². The third kappa shape index (κ3) is 5.21. The molecule has 3 aromatic rings. The van der Waals surface area contributed by atoms with Crippen LogP contribution in [0.4, 0.5) is 0 Å². The monoisotopic (exact) mass is 397 g/mol. The summed E-state index contributed by atoms with van der Waals surface area (Å²) in [7, 11) is 0. The highest BCUT2D eigenvalue weighted by atomic mass is 35.5. The summed E-state index contributed by atoms with van der Waals surface area (Å²) < 4.78 is 1.88. The van der Waals surface area contributed by atoms with E-state index in [1.54, 1.807) is 0 Å². The number of aromatic nitrogens is 2. The van der Waals surface area contributed by atoms with Gasteiger partial charge in [-0.05, 0) is 24.6 Å². The van der Waals surface area contributed by atoms with E-state index in [0.29, 0.717) is 18.1 Å². The van der Waals surface area contributed by atoms with Crippen molar-refractivity contribution in [3.05, 3.63) is 76.9 Å². The Morgan fingerprint density at radius 2 is 1.82 bits per heavy atom. The zero-order chi connectivity index (χ0) is 19.9. The molecule has 1 aromatic heterocycles. The van der Waals surface area contributed by atoms with Crippen LogP contribution in [0.5, 0.6) is 0 Å². The average Bonchev–Trinajstić information content (AvgIpc) is 3.06. The summed E-state index contributed by atoms with van der Waals surface area (Å²) in [5, 5.41) is 14.7. The van der Waals surface area contributed by atoms with E-state index in [4.69, 9.17) is 16.7 Å². The standard InChI is InChI=1S/C22H24ClN3O2/c1-2-12-25(16-21(27)28)13-19-15-26(14-18-10-6-7-11-20(18)23)24-22(19)17-8-4-3-5-9-17/h3-11,15H,2,12-14,16H2,1H3,(H,27,28). The van der Waals surface area contributed by atoms with E-state index in [0.717, 1.165) is 35.3 Å². The van der Waals surface area contributed by atoms with Crippen molar-refractivity contribution < 1.29 is 9.90 Å². The highest BCUT2D eigenvalue weighted by Gasteiger charge is 2.17. The second-order valence-electron chi connectivity index (χ2n) is 6.76. The maximum absolute atomic E-state index is 11.2. The molecular formula is C22H24ClN3O2. The lowest BCUT2D eigenvalue weighted by molar-refractivity contribution is -0.138. The van der Waals surface area contributed by atoms with E-state index in [-0.39, 0.29) is 6.54 Å². The third-order valence-corrected chi connectivity index (χ3v) is 4.84. The minimum atomic E-state index is -0.821. The zero-order valence-electron chi connectivity index (χ0n) is 15.9. The number of halogens is 1. The highest BCUT2D eigenvalue weighted by Crippen LogP contribution is 2.25. The van der Waals surface area contributed by atoms with Crippen LogP contribution < -0.4 is 0 Å². The molecule has 0 radical (unpaired) electrons. The fraction of sp³-hybridized carbons (Fsp3) is 0.273. The Kier molecular flexibility index (Phi) is 6.85. The molecule has 0 aliphatic rings. The Bertz CT molecular complexity index is 925. The van der Waals surface area contributed by atoms with Gasteiger partial charge in [0, 0.05) is 28.9 Å². The minimum Gasteiger partial charge on any atom is -0.480 e. The smallest absolute Gasteiger partial charge is 0.317 e. The van der Waals surface area contributed by atoms with E-state index in [9.17, 15) is 9.90 Å². The molecule has 0 fully saturated rings. The fourth-order valence-corrected chi connectivity index (χ4v) is 3.46. The minimum absolute atomic E-state index is 0.0117. The van der Waals surface area contributed by atoms with E-state index in [2.05, 4.69) is 0 Å². The molecule has 6 heteroatoms. The molecule has 0 aliphatic heterocycles. The number of rotatable bonds is 9. The van der Waals surface area contributed by atoms with Gasteiger partial charge >= 0.3 is 5.97 Å². The number of aliphatic carboxylic acids is 1. The summed E-state index contributed by atoms with van der Waals surface area (Å²) in [6.07, 6.45) is 2.89. The number of carboxylic acid groups (broad SMARTS) is 1. The summed E-state index contributed by atoms with van der Waals surface area (Å²) in [5.74, 6) is -0.821. The maximum Gasteiger partial charge on any atom is 0.317 e. The second-order valence-corrected chi connectivity index (χ2v) is 7.17. The van der Waals surface area contributed by atoms with Crippen molar-refractivity contribution in [3.63, 3.8) is 0 Å². The van der Waals surface area contributed by atoms with Gasteiger partial charge in [-0.1, -0.05) is 67.1 Å². The molecule has 0 spiro atoms. The number of nitrogens with zero attached hydrogens (tertiary/aromatic N) is 3. The van der Waals surface area contributed by atoms with Gasteiger partial charge in [-0.2, -0.15) is 5.10 Å². The molecule has 0 amide bonds. The first-order chi connectivity index (χ1) is 13.6. The second kappa shape index (κ2) is 9.53. The Labute approximate surface area is 170 Å². The van der Waals surface area contributed by atoms with Crippen molar-refractivity contribution >= 4 is 17.6 Å². The maximum atomic E-state index is 11.2. The highest BCUT2D eigenvalue weighted by molar-refractivity contribution is 6.31. The van der Waals surface area contributed by atoms with Crippen molar-refractivity contribution in [2.24, 2.45) is 0 Å². The van der Waals surface area contributed by atoms with Gasteiger partial charge in [0.25, 0.3) is 0 Å². The molecule has 3 rings (SSSR count). The molecule has 0 atom stereocenters. The lowest BCUT2D eigenvalue weighted by atomic mass is 10.1. The van der Waals surface area contributed by atoms with Gasteiger partial charge in [-0.3, -0.25) is 14.4 Å². The topological polar surface area (TPSA) is 58.4 Å². The summed E-state index contributed by atoms with van der Waals surface area (Å²) in [4.78, 5) is 13.2. The molecule has 5 nitrogen and oxygen atoms in total. The molecule has 0 unspecified atom stereocenters. The Morgan fingerprint density at radius 3 is 2.50 bits per heavy atom. The van der Waals surface area contributed by atoms with E-state index in [1.807, 2.05) is 77.3 Å². The van der Waals surface area contributed by atoms with Crippen LogP contribution in [-0.4, -0.2) is 38.8 Å². The number of hydrogen-bond donors (Lipinski definition) is 1. The van der Waals surface area contributed by atoms with Crippen LogP contribution in [0.15, 0.2) is 60.8 Å². The first-order valence-electron chi connectivity index (χ1n) is 9.36. The zero-order valence-corrected chi connectivity index (χ0v) is 16.6. The van der Waals surface area contributed by atoms with Gasteiger partial charge in [-0.25, -0.2) is 0 Å². The molecule has 0 bridgehead atoms. The molecule has 1 heterocycles. The van der Waals surface area contributed by atoms with Gasteiger partial charge < -0.3 is 5.11 Å². The van der Waals surface area contributed by atoms with Crippen LogP contribution in [-0.2, 0) is 17.9 Å². The van der Waals surface area contributed by atoms with Crippen LogP contribution in [0.1, 0.15) is 24.5 Å². The average molecular weight is 398 g/mol. The normalized spacial score (nSPS) is 11.1. The predicted molar refractivity (Wildman–Crippen MR) is 111 cm³/mol. The SMILES string of the molecule is CCCN(CC(=O)O)Cc1cn(Cc2ccccc2Cl)nc1-c1ccccc1. The van der Waals surface area contributed by atoms with E-state index in [1.165, 1.54) is 0 Å². The first kappa shape index (κ1) is 20.1. The van der Waals surface area contributed by atoms with Gasteiger partial charge in [0.05, 0.1) is 18.8 Å². The number of carbonyl (C=O) groups is 1. The molecule has 0 aliphatic carbocycles. The van der Waals surface area contributed by atoms with Crippen LogP contribution in [0.2, 0.25) is 5.02 Å². The summed E-state index contributed by atoms with van der Waals surface area (Å²) in [6.45, 7) is 3.88. The van der Waals surface area contributed by atoms with Crippen LogP contribution in [0.25, 0.3) is 11.3 Å². The van der Waals surface area contributed by atoms with E-state index >= 15 is 0 Å². The van der Waals surface area contributed by atoms with Crippen LogP contribution >= 0.6 is 11.6 Å². The summed E-state index contributed by atoms with van der Waals surface area (Å²) in [6, 6.07) is 17.7. The lowest BCUT2D eigenvalue weighted by Gasteiger charge is -2.19. The van der Waals surface area contributed by atoms with E-state index < -0.39 is 5.97 Å². The number of benzene rings is 2. The summed E-state index contributed by atoms with van der Waals surface area (Å²) >= 11 is 6.31. The molecule has 28 heavy (non-hydrogen) atoms.